The minimum Gasteiger partial charge on any atom is -0.396 e. The smallest absolute Gasteiger partial charge is 0.0855 e. The van der Waals surface area contributed by atoms with Crippen LogP contribution >= 0.6 is 0 Å². The van der Waals surface area contributed by atoms with Crippen molar-refractivity contribution in [2.45, 2.75) is 31.8 Å². The molecule has 0 aromatic carbocycles. The molecule has 82 valence electrons. The van der Waals surface area contributed by atoms with Gasteiger partial charge in [-0.2, -0.15) is 0 Å². The standard InChI is InChI=1S/C12H17NO2/c1-12(2,15)9-3-4-11(13-6-9)10-5-8(10)7-14/h3-4,6,8,10,14-15H,5,7H2,1-2H3. The molecule has 1 saturated carbocycles. The molecular weight excluding hydrogens is 190 g/mol. The number of nitrogens with zero attached hydrogens (tertiary/aromatic N) is 1. The largest absolute Gasteiger partial charge is 0.396 e. The van der Waals surface area contributed by atoms with Gasteiger partial charge in [0.25, 0.3) is 0 Å². The maximum atomic E-state index is 9.75. The number of aliphatic hydroxyl groups is 2. The summed E-state index contributed by atoms with van der Waals surface area (Å²) in [4.78, 5) is 4.33. The van der Waals surface area contributed by atoms with E-state index in [1.54, 1.807) is 20.0 Å². The molecule has 1 heterocycles. The Kier molecular flexibility index (Phi) is 2.52. The van der Waals surface area contributed by atoms with Gasteiger partial charge in [-0.3, -0.25) is 4.98 Å². The van der Waals surface area contributed by atoms with Crippen LogP contribution in [0.15, 0.2) is 18.3 Å². The van der Waals surface area contributed by atoms with Crippen molar-refractivity contribution in [3.05, 3.63) is 29.6 Å². The van der Waals surface area contributed by atoms with Crippen molar-refractivity contribution in [2.75, 3.05) is 6.61 Å². The first-order valence-electron chi connectivity index (χ1n) is 5.32. The maximum Gasteiger partial charge on any atom is 0.0855 e. The Morgan fingerprint density at radius 1 is 1.47 bits per heavy atom. The molecule has 2 rings (SSSR count). The van der Waals surface area contributed by atoms with E-state index in [1.807, 2.05) is 12.1 Å². The van der Waals surface area contributed by atoms with Crippen LogP contribution in [0.1, 0.15) is 37.4 Å². The van der Waals surface area contributed by atoms with Gasteiger partial charge in [-0.1, -0.05) is 6.07 Å². The van der Waals surface area contributed by atoms with E-state index >= 15 is 0 Å². The van der Waals surface area contributed by atoms with Gasteiger partial charge in [0, 0.05) is 30.0 Å². The number of hydrogen-bond donors (Lipinski definition) is 2. The van der Waals surface area contributed by atoms with Crippen LogP contribution < -0.4 is 0 Å². The van der Waals surface area contributed by atoms with Crippen LogP contribution in [0.4, 0.5) is 0 Å². The van der Waals surface area contributed by atoms with E-state index in [-0.39, 0.29) is 6.61 Å². The van der Waals surface area contributed by atoms with E-state index in [4.69, 9.17) is 5.11 Å². The van der Waals surface area contributed by atoms with Crippen LogP contribution in [0, 0.1) is 5.92 Å². The highest BCUT2D eigenvalue weighted by molar-refractivity contribution is 5.24. The zero-order chi connectivity index (χ0) is 11.1. The van der Waals surface area contributed by atoms with Gasteiger partial charge >= 0.3 is 0 Å². The second-order valence-electron chi connectivity index (χ2n) is 4.82. The molecule has 1 aliphatic rings. The molecule has 2 N–H and O–H groups in total. The molecule has 1 aliphatic carbocycles. The highest BCUT2D eigenvalue weighted by Crippen LogP contribution is 2.46. The molecule has 0 amide bonds. The first-order valence-corrected chi connectivity index (χ1v) is 5.32. The van der Waals surface area contributed by atoms with Gasteiger partial charge in [0.2, 0.25) is 0 Å². The number of rotatable bonds is 3. The Hall–Kier alpha value is -0.930. The third kappa shape index (κ3) is 2.19. The lowest BCUT2D eigenvalue weighted by molar-refractivity contribution is 0.0782. The second-order valence-corrected chi connectivity index (χ2v) is 4.82. The van der Waals surface area contributed by atoms with E-state index < -0.39 is 5.60 Å². The lowest BCUT2D eigenvalue weighted by Gasteiger charge is -2.17. The maximum absolute atomic E-state index is 9.75. The van der Waals surface area contributed by atoms with Crippen molar-refractivity contribution in [1.82, 2.24) is 4.98 Å². The molecule has 0 spiro atoms. The van der Waals surface area contributed by atoms with Crippen LogP contribution in [0.3, 0.4) is 0 Å². The first kappa shape index (κ1) is 10.6. The molecule has 1 fully saturated rings. The number of aromatic nitrogens is 1. The monoisotopic (exact) mass is 207 g/mol. The number of hydrogen-bond acceptors (Lipinski definition) is 3. The van der Waals surface area contributed by atoms with Crippen molar-refractivity contribution in [3.63, 3.8) is 0 Å². The van der Waals surface area contributed by atoms with Crippen LogP contribution in [0.25, 0.3) is 0 Å². The minimum absolute atomic E-state index is 0.250. The van der Waals surface area contributed by atoms with Gasteiger partial charge in [0.15, 0.2) is 0 Å². The van der Waals surface area contributed by atoms with E-state index in [0.29, 0.717) is 11.8 Å². The first-order chi connectivity index (χ1) is 7.02. The Morgan fingerprint density at radius 3 is 2.60 bits per heavy atom. The van der Waals surface area contributed by atoms with Crippen molar-refractivity contribution in [2.24, 2.45) is 5.92 Å². The van der Waals surface area contributed by atoms with Crippen molar-refractivity contribution in [1.29, 1.82) is 0 Å². The molecule has 15 heavy (non-hydrogen) atoms. The summed E-state index contributed by atoms with van der Waals surface area (Å²) < 4.78 is 0. The van der Waals surface area contributed by atoms with Gasteiger partial charge in [0.05, 0.1) is 5.60 Å². The van der Waals surface area contributed by atoms with E-state index in [1.165, 1.54) is 0 Å². The Balaban J connectivity index is 2.12. The van der Waals surface area contributed by atoms with Crippen LogP contribution in [0.5, 0.6) is 0 Å². The summed E-state index contributed by atoms with van der Waals surface area (Å²) >= 11 is 0. The fourth-order valence-electron chi connectivity index (χ4n) is 1.80. The predicted molar refractivity (Wildman–Crippen MR) is 57.4 cm³/mol. The van der Waals surface area contributed by atoms with Crippen LogP contribution in [-0.2, 0) is 5.60 Å². The molecular formula is C12H17NO2. The fraction of sp³-hybridized carbons (Fsp3) is 0.583. The molecule has 3 heteroatoms. The average molecular weight is 207 g/mol. The summed E-state index contributed by atoms with van der Waals surface area (Å²) in [5.74, 6) is 0.816. The van der Waals surface area contributed by atoms with Crippen molar-refractivity contribution < 1.29 is 10.2 Å². The molecule has 2 unspecified atom stereocenters. The second kappa shape index (κ2) is 3.58. The molecule has 2 atom stereocenters. The zero-order valence-corrected chi connectivity index (χ0v) is 9.14. The average Bonchev–Trinajstić information content (AvgIpc) is 2.95. The number of aliphatic hydroxyl groups excluding tert-OH is 1. The molecule has 0 radical (unpaired) electrons. The fourth-order valence-corrected chi connectivity index (χ4v) is 1.80. The minimum atomic E-state index is -0.828. The van der Waals surface area contributed by atoms with Gasteiger partial charge in [-0.15, -0.1) is 0 Å². The van der Waals surface area contributed by atoms with Gasteiger partial charge in [-0.05, 0) is 32.3 Å². The topological polar surface area (TPSA) is 53.4 Å². The molecule has 0 aliphatic heterocycles. The lowest BCUT2D eigenvalue weighted by Crippen LogP contribution is -2.15. The predicted octanol–water partition coefficient (Wildman–Crippen LogP) is 1.40. The zero-order valence-electron chi connectivity index (χ0n) is 9.14. The number of pyridine rings is 1. The highest BCUT2D eigenvalue weighted by Gasteiger charge is 2.38. The van der Waals surface area contributed by atoms with Crippen molar-refractivity contribution >= 4 is 0 Å². The van der Waals surface area contributed by atoms with Gasteiger partial charge in [0.1, 0.15) is 0 Å². The highest BCUT2D eigenvalue weighted by atomic mass is 16.3. The Bertz CT molecular complexity index is 340. The Morgan fingerprint density at radius 2 is 2.20 bits per heavy atom. The van der Waals surface area contributed by atoms with Crippen molar-refractivity contribution in [3.8, 4) is 0 Å². The van der Waals surface area contributed by atoms with Gasteiger partial charge in [-0.25, -0.2) is 0 Å². The van der Waals surface area contributed by atoms with E-state index in [2.05, 4.69) is 4.98 Å². The van der Waals surface area contributed by atoms with E-state index in [9.17, 15) is 5.11 Å². The summed E-state index contributed by atoms with van der Waals surface area (Å²) in [5, 5.41) is 18.7. The van der Waals surface area contributed by atoms with Crippen LogP contribution in [0.2, 0.25) is 0 Å². The third-order valence-corrected chi connectivity index (χ3v) is 3.03. The Labute approximate surface area is 89.8 Å². The quantitative estimate of drug-likeness (QED) is 0.787. The molecule has 1 aromatic heterocycles. The molecule has 3 nitrogen and oxygen atoms in total. The van der Waals surface area contributed by atoms with Gasteiger partial charge < -0.3 is 10.2 Å². The summed E-state index contributed by atoms with van der Waals surface area (Å²) in [6.07, 6.45) is 2.76. The summed E-state index contributed by atoms with van der Waals surface area (Å²) in [6.45, 7) is 3.74. The summed E-state index contributed by atoms with van der Waals surface area (Å²) in [6, 6.07) is 3.86. The molecule has 0 saturated heterocycles. The summed E-state index contributed by atoms with van der Waals surface area (Å²) in [7, 11) is 0. The summed E-state index contributed by atoms with van der Waals surface area (Å²) in [5.41, 5.74) is 1.03. The van der Waals surface area contributed by atoms with E-state index in [0.717, 1.165) is 17.7 Å². The molecule has 1 aromatic rings. The van der Waals surface area contributed by atoms with Crippen LogP contribution in [-0.4, -0.2) is 21.8 Å². The SMILES string of the molecule is CC(C)(O)c1ccc(C2CC2CO)nc1. The normalized spacial score (nSPS) is 25.3. The lowest BCUT2D eigenvalue weighted by atomic mass is 10.00. The molecule has 0 bridgehead atoms. The third-order valence-electron chi connectivity index (χ3n) is 3.03.